The van der Waals surface area contributed by atoms with E-state index in [1.165, 1.54) is 11.3 Å². The van der Waals surface area contributed by atoms with E-state index in [9.17, 15) is 4.79 Å². The van der Waals surface area contributed by atoms with E-state index in [1.54, 1.807) is 11.8 Å². The lowest BCUT2D eigenvalue weighted by atomic mass is 10.1. The summed E-state index contributed by atoms with van der Waals surface area (Å²) in [4.78, 5) is 20.4. The fourth-order valence-electron chi connectivity index (χ4n) is 3.63. The number of thiazole rings is 1. The predicted molar refractivity (Wildman–Crippen MR) is 109 cm³/mol. The molecule has 27 heavy (non-hydrogen) atoms. The molecule has 146 valence electrons. The molecule has 0 atom stereocenters. The van der Waals surface area contributed by atoms with E-state index >= 15 is 0 Å². The van der Waals surface area contributed by atoms with Gasteiger partial charge in [0, 0.05) is 25.6 Å². The minimum atomic E-state index is 0.119. The molecule has 1 aromatic carbocycles. The number of quaternary nitrogens is 1. The number of nitrogens with one attached hydrogen (secondary N) is 1. The zero-order chi connectivity index (χ0) is 19.4. The molecule has 0 aliphatic carbocycles. The van der Waals surface area contributed by atoms with E-state index < -0.39 is 0 Å². The van der Waals surface area contributed by atoms with Crippen molar-refractivity contribution in [3.63, 3.8) is 0 Å². The van der Waals surface area contributed by atoms with Crippen molar-refractivity contribution in [3.8, 4) is 0 Å². The van der Waals surface area contributed by atoms with Crippen LogP contribution in [0.25, 0.3) is 0 Å². The van der Waals surface area contributed by atoms with Gasteiger partial charge in [0.05, 0.1) is 30.3 Å². The largest absolute Gasteiger partial charge is 0.370 e. The summed E-state index contributed by atoms with van der Waals surface area (Å²) in [6, 6.07) is 6.23. The molecule has 0 amide bonds. The molecule has 5 nitrogen and oxygen atoms in total. The van der Waals surface area contributed by atoms with Crippen molar-refractivity contribution in [2.24, 2.45) is 4.99 Å². The lowest BCUT2D eigenvalue weighted by molar-refractivity contribution is -0.908. The Labute approximate surface area is 165 Å². The Morgan fingerprint density at radius 1 is 1.22 bits per heavy atom. The first-order chi connectivity index (χ1) is 13.0. The summed E-state index contributed by atoms with van der Waals surface area (Å²) >= 11 is 1.51. The van der Waals surface area contributed by atoms with Gasteiger partial charge >= 0.3 is 0 Å². The highest BCUT2D eigenvalue weighted by molar-refractivity contribution is 7.11. The average Bonchev–Trinajstić information content (AvgIpc) is 2.95. The Kier molecular flexibility index (Phi) is 6.63. The molecule has 2 heterocycles. The second-order valence-electron chi connectivity index (χ2n) is 7.33. The molecule has 1 aliphatic rings. The molecule has 6 heteroatoms. The minimum Gasteiger partial charge on any atom is -0.370 e. The molecule has 0 saturated carbocycles. The highest BCUT2D eigenvalue weighted by Crippen LogP contribution is 2.23. The van der Waals surface area contributed by atoms with Crippen molar-refractivity contribution in [3.05, 3.63) is 44.7 Å². The number of carbonyl (C=O) groups excluding carboxylic acids is 1. The lowest BCUT2D eigenvalue weighted by Crippen LogP contribution is -3.14. The summed E-state index contributed by atoms with van der Waals surface area (Å²) in [5.41, 5.74) is 4.38. The predicted octanol–water partition coefficient (Wildman–Crippen LogP) is 2.22. The van der Waals surface area contributed by atoms with Gasteiger partial charge in [-0.25, -0.2) is 4.99 Å². The first-order valence-corrected chi connectivity index (χ1v) is 10.5. The average molecular weight is 389 g/mol. The summed E-state index contributed by atoms with van der Waals surface area (Å²) in [6.07, 6.45) is 1.07. The van der Waals surface area contributed by atoms with Crippen LogP contribution in [0.2, 0.25) is 0 Å². The quantitative estimate of drug-likeness (QED) is 0.772. The minimum absolute atomic E-state index is 0.119. The molecule has 1 aromatic heterocycles. The van der Waals surface area contributed by atoms with E-state index in [4.69, 9.17) is 9.73 Å². The number of morpholine rings is 1. The molecule has 1 fully saturated rings. The summed E-state index contributed by atoms with van der Waals surface area (Å²) < 4.78 is 7.67. The SMILES string of the molecule is CC(=O)c1sc(=Nc2c(C)cccc2C)n(CCC[NH+]2CCOCC2)c1C. The fraction of sp³-hybridized carbons (Fsp3) is 0.524. The third-order valence-electron chi connectivity index (χ3n) is 5.24. The maximum atomic E-state index is 12.1. The first-order valence-electron chi connectivity index (χ1n) is 9.71. The zero-order valence-corrected chi connectivity index (χ0v) is 17.6. The maximum Gasteiger partial charge on any atom is 0.190 e. The third kappa shape index (κ3) is 4.75. The Bertz CT molecular complexity index is 856. The van der Waals surface area contributed by atoms with Crippen LogP contribution in [-0.4, -0.2) is 43.2 Å². The van der Waals surface area contributed by atoms with Crippen LogP contribution in [0.1, 0.15) is 39.8 Å². The Morgan fingerprint density at radius 2 is 1.89 bits per heavy atom. The normalized spacial score (nSPS) is 16.1. The molecule has 0 radical (unpaired) electrons. The number of ketones is 1. The maximum absolute atomic E-state index is 12.1. The molecule has 0 unspecified atom stereocenters. The smallest absolute Gasteiger partial charge is 0.190 e. The number of benzene rings is 1. The van der Waals surface area contributed by atoms with E-state index in [0.717, 1.165) is 78.0 Å². The van der Waals surface area contributed by atoms with Gasteiger partial charge < -0.3 is 14.2 Å². The second-order valence-corrected chi connectivity index (χ2v) is 8.30. The highest BCUT2D eigenvalue weighted by atomic mass is 32.1. The fourth-order valence-corrected chi connectivity index (χ4v) is 4.69. The topological polar surface area (TPSA) is 48.0 Å². The Balaban J connectivity index is 1.89. The number of aryl methyl sites for hydroxylation is 2. The summed E-state index contributed by atoms with van der Waals surface area (Å²) in [5, 5.41) is 0. The van der Waals surface area contributed by atoms with Crippen molar-refractivity contribution in [2.75, 3.05) is 32.8 Å². The van der Waals surface area contributed by atoms with Gasteiger partial charge in [-0.1, -0.05) is 29.5 Å². The van der Waals surface area contributed by atoms with Gasteiger partial charge in [0.1, 0.15) is 13.1 Å². The van der Waals surface area contributed by atoms with E-state index in [0.29, 0.717) is 0 Å². The van der Waals surface area contributed by atoms with Crippen LogP contribution in [0, 0.1) is 20.8 Å². The standard InChI is InChI=1S/C21H29N3O2S/c1-15-7-5-8-16(2)19(15)22-21-24(17(3)20(27-21)18(4)25)10-6-9-23-11-13-26-14-12-23/h5,7-8H,6,9-14H2,1-4H3/p+1. The van der Waals surface area contributed by atoms with E-state index in [2.05, 4.69) is 36.6 Å². The van der Waals surface area contributed by atoms with Gasteiger partial charge in [-0.2, -0.15) is 0 Å². The number of ether oxygens (including phenoxy) is 1. The van der Waals surface area contributed by atoms with E-state index in [1.807, 2.05) is 6.92 Å². The number of aromatic nitrogens is 1. The molecular formula is C21H30N3O2S+. The van der Waals surface area contributed by atoms with Crippen molar-refractivity contribution in [2.45, 2.75) is 40.7 Å². The van der Waals surface area contributed by atoms with Crippen molar-refractivity contribution in [1.82, 2.24) is 4.57 Å². The van der Waals surface area contributed by atoms with Gasteiger partial charge in [-0.3, -0.25) is 4.79 Å². The van der Waals surface area contributed by atoms with Crippen LogP contribution in [-0.2, 0) is 11.3 Å². The first kappa shape index (κ1) is 20.0. The number of Topliss-reactive ketones (excluding diaryl/α,β-unsaturated/α-hetero) is 1. The zero-order valence-electron chi connectivity index (χ0n) is 16.8. The van der Waals surface area contributed by atoms with Crippen molar-refractivity contribution >= 4 is 22.8 Å². The summed E-state index contributed by atoms with van der Waals surface area (Å²) in [7, 11) is 0. The number of carbonyl (C=O) groups is 1. The van der Waals surface area contributed by atoms with Crippen LogP contribution in [0.15, 0.2) is 23.2 Å². The Hall–Kier alpha value is -1.76. The number of nitrogens with zero attached hydrogens (tertiary/aromatic N) is 2. The molecule has 0 spiro atoms. The molecule has 1 N–H and O–H groups in total. The van der Waals surface area contributed by atoms with Crippen LogP contribution >= 0.6 is 11.3 Å². The molecule has 3 rings (SSSR count). The lowest BCUT2D eigenvalue weighted by Gasteiger charge is -2.23. The molecule has 2 aromatic rings. The number of hydrogen-bond donors (Lipinski definition) is 1. The second kappa shape index (κ2) is 8.95. The van der Waals surface area contributed by atoms with Gasteiger partial charge in [0.25, 0.3) is 0 Å². The van der Waals surface area contributed by atoms with Crippen LogP contribution in [0.3, 0.4) is 0 Å². The van der Waals surface area contributed by atoms with Gasteiger partial charge in [-0.15, -0.1) is 0 Å². The van der Waals surface area contributed by atoms with Crippen molar-refractivity contribution in [1.29, 1.82) is 0 Å². The molecular weight excluding hydrogens is 358 g/mol. The van der Waals surface area contributed by atoms with Crippen molar-refractivity contribution < 1.29 is 14.4 Å². The molecule has 0 bridgehead atoms. The van der Waals surface area contributed by atoms with Gasteiger partial charge in [0.15, 0.2) is 10.6 Å². The van der Waals surface area contributed by atoms with Gasteiger partial charge in [0.2, 0.25) is 0 Å². The van der Waals surface area contributed by atoms with Gasteiger partial charge in [-0.05, 0) is 31.9 Å². The van der Waals surface area contributed by atoms with E-state index in [-0.39, 0.29) is 5.78 Å². The number of hydrogen-bond acceptors (Lipinski definition) is 4. The third-order valence-corrected chi connectivity index (χ3v) is 6.52. The Morgan fingerprint density at radius 3 is 2.52 bits per heavy atom. The van der Waals surface area contributed by atoms with Crippen LogP contribution < -0.4 is 9.70 Å². The monoisotopic (exact) mass is 388 g/mol. The van der Waals surface area contributed by atoms with Crippen LogP contribution in [0.4, 0.5) is 5.69 Å². The van der Waals surface area contributed by atoms with Crippen LogP contribution in [0.5, 0.6) is 0 Å². The summed E-state index contributed by atoms with van der Waals surface area (Å²) in [5.74, 6) is 0.119. The highest BCUT2D eigenvalue weighted by Gasteiger charge is 2.16. The molecule has 1 aliphatic heterocycles. The number of para-hydroxylation sites is 1. The molecule has 1 saturated heterocycles. The summed E-state index contributed by atoms with van der Waals surface area (Å²) in [6.45, 7) is 13.8. The number of rotatable bonds is 6.